The predicted molar refractivity (Wildman–Crippen MR) is 107 cm³/mol. The number of ether oxygens (including phenoxy) is 1. The molecule has 158 valence electrons. The highest BCUT2D eigenvalue weighted by atomic mass is 19.1. The summed E-state index contributed by atoms with van der Waals surface area (Å²) in [4.78, 5) is 32.5. The van der Waals surface area contributed by atoms with Gasteiger partial charge in [0.25, 0.3) is 5.91 Å². The molecule has 0 aromatic heterocycles. The summed E-state index contributed by atoms with van der Waals surface area (Å²) in [5.41, 5.74) is -0.809. The Morgan fingerprint density at radius 2 is 1.90 bits per heavy atom. The highest BCUT2D eigenvalue weighted by Gasteiger charge is 2.55. The Balaban J connectivity index is 1.66. The number of halogens is 1. The van der Waals surface area contributed by atoms with E-state index in [9.17, 15) is 14.0 Å². The van der Waals surface area contributed by atoms with Crippen molar-refractivity contribution in [3.05, 3.63) is 35.6 Å². The minimum absolute atomic E-state index is 0.00628. The van der Waals surface area contributed by atoms with Gasteiger partial charge in [0, 0.05) is 26.2 Å². The third-order valence-electron chi connectivity index (χ3n) is 6.62. The summed E-state index contributed by atoms with van der Waals surface area (Å²) < 4.78 is 20.7. The second-order valence-electron chi connectivity index (χ2n) is 8.76. The molecule has 2 amide bonds. The lowest BCUT2D eigenvalue weighted by atomic mass is 9.83. The molecule has 7 heteroatoms. The molecule has 3 aliphatic rings. The van der Waals surface area contributed by atoms with Crippen molar-refractivity contribution in [3.8, 4) is 0 Å². The van der Waals surface area contributed by atoms with Crippen molar-refractivity contribution in [3.63, 3.8) is 0 Å². The number of amides is 2. The molecule has 0 N–H and O–H groups in total. The van der Waals surface area contributed by atoms with E-state index in [1.54, 1.807) is 17.0 Å². The number of carbonyl (C=O) groups is 2. The van der Waals surface area contributed by atoms with Crippen molar-refractivity contribution in [1.82, 2.24) is 14.7 Å². The van der Waals surface area contributed by atoms with Gasteiger partial charge in [0.1, 0.15) is 17.6 Å². The fourth-order valence-corrected chi connectivity index (χ4v) is 5.00. The van der Waals surface area contributed by atoms with Gasteiger partial charge >= 0.3 is 0 Å². The highest BCUT2D eigenvalue weighted by Crippen LogP contribution is 2.43. The van der Waals surface area contributed by atoms with Gasteiger partial charge in [0.15, 0.2) is 0 Å². The highest BCUT2D eigenvalue weighted by molar-refractivity contribution is 5.98. The smallest absolute Gasteiger partial charge is 0.259 e. The van der Waals surface area contributed by atoms with Gasteiger partial charge in [-0.3, -0.25) is 14.5 Å². The van der Waals surface area contributed by atoms with Crippen LogP contribution in [0.15, 0.2) is 24.3 Å². The van der Waals surface area contributed by atoms with Crippen LogP contribution >= 0.6 is 0 Å². The van der Waals surface area contributed by atoms with Crippen molar-refractivity contribution in [1.29, 1.82) is 0 Å². The fourth-order valence-electron chi connectivity index (χ4n) is 5.00. The molecule has 0 radical (unpaired) electrons. The van der Waals surface area contributed by atoms with Crippen LogP contribution < -0.4 is 0 Å². The van der Waals surface area contributed by atoms with E-state index >= 15 is 0 Å². The molecule has 0 bridgehead atoms. The molecule has 1 aromatic carbocycles. The summed E-state index contributed by atoms with van der Waals surface area (Å²) >= 11 is 0. The number of piperazine rings is 1. The Morgan fingerprint density at radius 1 is 1.17 bits per heavy atom. The summed E-state index contributed by atoms with van der Waals surface area (Å²) in [5.74, 6) is -0.702. The summed E-state index contributed by atoms with van der Waals surface area (Å²) in [6.45, 7) is 5.21. The minimum atomic E-state index is -0.816. The van der Waals surface area contributed by atoms with Crippen molar-refractivity contribution < 1.29 is 18.7 Å². The van der Waals surface area contributed by atoms with E-state index in [1.807, 2.05) is 11.9 Å². The number of rotatable bonds is 2. The maximum absolute atomic E-state index is 14.5. The van der Waals surface area contributed by atoms with Crippen LogP contribution in [0, 0.1) is 11.7 Å². The molecule has 1 spiro atoms. The summed E-state index contributed by atoms with van der Waals surface area (Å²) in [6.07, 6.45) is 3.37. The molecule has 1 aliphatic carbocycles. The Labute approximate surface area is 171 Å². The first-order chi connectivity index (χ1) is 13.9. The molecule has 2 aliphatic heterocycles. The van der Waals surface area contributed by atoms with Crippen LogP contribution in [0.1, 0.15) is 43.0 Å². The molecular weight excluding hydrogens is 373 g/mol. The third-order valence-corrected chi connectivity index (χ3v) is 6.62. The van der Waals surface area contributed by atoms with Gasteiger partial charge in [0.2, 0.25) is 5.91 Å². The molecule has 29 heavy (non-hydrogen) atoms. The maximum Gasteiger partial charge on any atom is 0.259 e. The van der Waals surface area contributed by atoms with Crippen LogP contribution in [0.5, 0.6) is 0 Å². The van der Waals surface area contributed by atoms with Crippen molar-refractivity contribution in [2.75, 3.05) is 39.8 Å². The summed E-state index contributed by atoms with van der Waals surface area (Å²) in [7, 11) is 2.03. The van der Waals surface area contributed by atoms with E-state index in [0.717, 1.165) is 25.9 Å². The lowest BCUT2D eigenvalue weighted by molar-refractivity contribution is -0.139. The topological polar surface area (TPSA) is 53.1 Å². The molecule has 1 saturated carbocycles. The van der Waals surface area contributed by atoms with Gasteiger partial charge in [0.05, 0.1) is 12.2 Å². The van der Waals surface area contributed by atoms with Gasteiger partial charge in [-0.15, -0.1) is 0 Å². The van der Waals surface area contributed by atoms with E-state index in [4.69, 9.17) is 4.74 Å². The maximum atomic E-state index is 14.5. The van der Waals surface area contributed by atoms with Crippen LogP contribution in [0.2, 0.25) is 0 Å². The van der Waals surface area contributed by atoms with E-state index in [-0.39, 0.29) is 18.1 Å². The number of carbonyl (C=O) groups excluding carboxylic acids is 2. The van der Waals surface area contributed by atoms with E-state index in [2.05, 4.69) is 11.8 Å². The summed E-state index contributed by atoms with van der Waals surface area (Å²) in [6, 6.07) is 5.31. The Hall–Kier alpha value is -1.99. The van der Waals surface area contributed by atoms with Gasteiger partial charge in [-0.1, -0.05) is 25.5 Å². The average molecular weight is 403 g/mol. The molecule has 2 saturated heterocycles. The molecule has 4 rings (SSSR count). The molecule has 2 heterocycles. The lowest BCUT2D eigenvalue weighted by Crippen LogP contribution is -2.59. The van der Waals surface area contributed by atoms with E-state index in [1.165, 1.54) is 12.1 Å². The van der Waals surface area contributed by atoms with Crippen LogP contribution in [0.25, 0.3) is 0 Å². The number of hydrogen-bond donors (Lipinski definition) is 0. The number of likely N-dealkylation sites (N-methyl/N-ethyl adjacent to an activating group) is 1. The van der Waals surface area contributed by atoms with Crippen LogP contribution in [-0.4, -0.2) is 78.1 Å². The first-order valence-corrected chi connectivity index (χ1v) is 10.6. The predicted octanol–water partition coefficient (Wildman–Crippen LogP) is 2.35. The molecular formula is C22H30FN3O3. The first-order valence-electron chi connectivity index (χ1n) is 10.6. The zero-order chi connectivity index (χ0) is 20.6. The third kappa shape index (κ3) is 3.78. The van der Waals surface area contributed by atoms with Crippen LogP contribution in [0.4, 0.5) is 4.39 Å². The number of benzene rings is 1. The number of hydrogen-bond acceptors (Lipinski definition) is 4. The Kier molecular flexibility index (Phi) is 5.62. The standard InChI is InChI=1S/C22H30FN3O3/c1-16-6-5-9-22(14-16)26(20(27)17-7-3-4-8-18(17)23)19(15-29-22)21(28)25-12-10-24(2)11-13-25/h3-4,7-8,16,19H,5-6,9-15H2,1-2H3/t16-,19-,22-/m0/s1. The van der Waals surface area contributed by atoms with Crippen molar-refractivity contribution >= 4 is 11.8 Å². The Bertz CT molecular complexity index is 780. The van der Waals surface area contributed by atoms with E-state index in [0.29, 0.717) is 31.8 Å². The normalized spacial score (nSPS) is 30.7. The van der Waals surface area contributed by atoms with Gasteiger partial charge in [-0.25, -0.2) is 4.39 Å². The largest absolute Gasteiger partial charge is 0.353 e. The van der Waals surface area contributed by atoms with Crippen LogP contribution in [-0.2, 0) is 9.53 Å². The second kappa shape index (κ2) is 8.03. The summed E-state index contributed by atoms with van der Waals surface area (Å²) in [5, 5.41) is 0. The van der Waals surface area contributed by atoms with Gasteiger partial charge in [-0.05, 0) is 44.4 Å². The van der Waals surface area contributed by atoms with Crippen LogP contribution in [0.3, 0.4) is 0 Å². The molecule has 1 aromatic rings. The van der Waals surface area contributed by atoms with Gasteiger partial charge in [-0.2, -0.15) is 0 Å². The minimum Gasteiger partial charge on any atom is -0.353 e. The monoisotopic (exact) mass is 403 g/mol. The second-order valence-corrected chi connectivity index (χ2v) is 8.76. The molecule has 6 nitrogen and oxygen atoms in total. The molecule has 3 atom stereocenters. The quantitative estimate of drug-likeness (QED) is 0.761. The van der Waals surface area contributed by atoms with E-state index < -0.39 is 23.5 Å². The zero-order valence-electron chi connectivity index (χ0n) is 17.3. The average Bonchev–Trinajstić information content (AvgIpc) is 3.05. The van der Waals surface area contributed by atoms with Crippen molar-refractivity contribution in [2.24, 2.45) is 5.92 Å². The first kappa shape index (κ1) is 20.3. The zero-order valence-corrected chi connectivity index (χ0v) is 17.3. The fraction of sp³-hybridized carbons (Fsp3) is 0.636. The SMILES string of the molecule is C[C@H]1CCC[C@@]2(C1)OC[C@@H](C(=O)N1CCN(C)CC1)N2C(=O)c1ccccc1F. The van der Waals surface area contributed by atoms with Gasteiger partial charge < -0.3 is 14.5 Å². The molecule has 3 fully saturated rings. The van der Waals surface area contributed by atoms with Crippen molar-refractivity contribution in [2.45, 2.75) is 44.4 Å². The number of nitrogens with zero attached hydrogens (tertiary/aromatic N) is 3. The molecule has 0 unspecified atom stereocenters. The lowest BCUT2D eigenvalue weighted by Gasteiger charge is -2.44. The Morgan fingerprint density at radius 3 is 2.59 bits per heavy atom.